The number of benzene rings is 1. The molecule has 3 aromatic rings. The van der Waals surface area contributed by atoms with Gasteiger partial charge in [-0.05, 0) is 36.8 Å². The van der Waals surface area contributed by atoms with E-state index in [1.165, 1.54) is 12.1 Å². The molecular formula is C23H22FN7O. The van der Waals surface area contributed by atoms with Crippen LogP contribution in [0.1, 0.15) is 35.5 Å². The van der Waals surface area contributed by atoms with Gasteiger partial charge in [-0.25, -0.2) is 9.37 Å². The van der Waals surface area contributed by atoms with E-state index < -0.39 is 11.9 Å². The van der Waals surface area contributed by atoms with Crippen molar-refractivity contribution in [3.8, 4) is 22.9 Å². The Morgan fingerprint density at radius 2 is 2.19 bits per heavy atom. The van der Waals surface area contributed by atoms with Crippen LogP contribution in [0.2, 0.25) is 0 Å². The first-order valence-corrected chi connectivity index (χ1v) is 9.97. The minimum Gasteiger partial charge on any atom is -0.482 e. The molecule has 1 aromatic carbocycles. The third kappa shape index (κ3) is 3.56. The van der Waals surface area contributed by atoms with Crippen molar-refractivity contribution in [2.24, 2.45) is 7.05 Å². The van der Waals surface area contributed by atoms with E-state index in [2.05, 4.69) is 21.5 Å². The third-order valence-corrected chi connectivity index (χ3v) is 5.46. The van der Waals surface area contributed by atoms with Crippen molar-refractivity contribution in [3.63, 3.8) is 0 Å². The molecule has 2 bridgehead atoms. The summed E-state index contributed by atoms with van der Waals surface area (Å²) in [4.78, 5) is 4.25. The number of nitrogen functional groups attached to an aromatic ring is 1. The lowest BCUT2D eigenvalue weighted by Crippen LogP contribution is -2.17. The van der Waals surface area contributed by atoms with Gasteiger partial charge in [0.05, 0.1) is 11.4 Å². The van der Waals surface area contributed by atoms with Gasteiger partial charge < -0.3 is 15.8 Å². The first kappa shape index (κ1) is 21.1. The molecule has 0 fully saturated rings. The number of halogens is 1. The van der Waals surface area contributed by atoms with Crippen molar-refractivity contribution >= 4 is 11.5 Å². The van der Waals surface area contributed by atoms with Crippen LogP contribution in [0.3, 0.4) is 0 Å². The van der Waals surface area contributed by atoms with Crippen LogP contribution in [0.25, 0.3) is 11.1 Å². The lowest BCUT2D eigenvalue weighted by atomic mass is 9.91. The minimum absolute atomic E-state index is 0.172. The van der Waals surface area contributed by atoms with Gasteiger partial charge in [-0.1, -0.05) is 0 Å². The van der Waals surface area contributed by atoms with E-state index in [1.54, 1.807) is 50.2 Å². The molecule has 9 heteroatoms. The monoisotopic (exact) mass is 431 g/mol. The van der Waals surface area contributed by atoms with E-state index in [0.717, 1.165) is 5.69 Å². The average molecular weight is 431 g/mol. The number of hydrogen-bond donors (Lipinski definition) is 3. The summed E-state index contributed by atoms with van der Waals surface area (Å²) in [5.41, 5.74) is 10.2. The number of anilines is 1. The van der Waals surface area contributed by atoms with Gasteiger partial charge in [-0.15, -0.1) is 0 Å². The largest absolute Gasteiger partial charge is 0.482 e. The number of fused-ring (bicyclic) bond motifs is 5. The quantitative estimate of drug-likeness (QED) is 0.543. The lowest BCUT2D eigenvalue weighted by molar-refractivity contribution is 0.227. The van der Waals surface area contributed by atoms with Crippen molar-refractivity contribution in [1.82, 2.24) is 20.1 Å². The first-order chi connectivity index (χ1) is 15.3. The summed E-state index contributed by atoms with van der Waals surface area (Å²) in [6.07, 6.45) is 2.99. The van der Waals surface area contributed by atoms with E-state index in [1.807, 2.05) is 0 Å². The van der Waals surface area contributed by atoms with Gasteiger partial charge in [0.2, 0.25) is 0 Å². The van der Waals surface area contributed by atoms with Crippen molar-refractivity contribution in [2.45, 2.75) is 19.4 Å². The molecule has 4 rings (SSSR count). The predicted octanol–water partition coefficient (Wildman–Crippen LogP) is 3.24. The second kappa shape index (κ2) is 8.15. The van der Waals surface area contributed by atoms with Crippen LogP contribution in [0, 0.1) is 22.6 Å². The van der Waals surface area contributed by atoms with Gasteiger partial charge in [0.15, 0.2) is 17.3 Å². The van der Waals surface area contributed by atoms with E-state index in [4.69, 9.17) is 15.9 Å². The zero-order chi connectivity index (χ0) is 23.0. The van der Waals surface area contributed by atoms with Gasteiger partial charge in [0, 0.05) is 55.2 Å². The Kier molecular flexibility index (Phi) is 5.36. The number of allylic oxidation sites excluding steroid dienone is 1. The second-order valence-corrected chi connectivity index (χ2v) is 7.51. The highest BCUT2D eigenvalue weighted by Gasteiger charge is 2.25. The lowest BCUT2D eigenvalue weighted by Gasteiger charge is -2.22. The Bertz CT molecular complexity index is 1300. The molecule has 0 amide bonds. The number of pyridine rings is 1. The summed E-state index contributed by atoms with van der Waals surface area (Å²) in [5.74, 6) is 0.0538. The topological polar surface area (TPSA) is 126 Å². The van der Waals surface area contributed by atoms with E-state index in [-0.39, 0.29) is 17.2 Å². The molecule has 4 N–H and O–H groups in total. The number of rotatable bonds is 1. The standard InChI is InChI=1S/C23H22FN7O/c1-12-17-8-15(24)4-5-16(17)22(26)14(10-28-2)6-19-21(18(9-25)30-31(19)3)13-7-20(32-12)23(27)29-11-13/h4-5,7-8,10-12,26,28H,6H2,1-3H3,(H2,27,29)/b14-10-,26-22?. The van der Waals surface area contributed by atoms with Crippen molar-refractivity contribution in [3.05, 3.63) is 70.6 Å². The van der Waals surface area contributed by atoms with Gasteiger partial charge in [-0.3, -0.25) is 10.1 Å². The molecule has 0 spiro atoms. The van der Waals surface area contributed by atoms with Crippen LogP contribution in [-0.2, 0) is 13.5 Å². The van der Waals surface area contributed by atoms with Crippen molar-refractivity contribution < 1.29 is 9.13 Å². The Morgan fingerprint density at radius 1 is 1.41 bits per heavy atom. The number of nitrogens with one attached hydrogen (secondary N) is 2. The Balaban J connectivity index is 2.03. The Morgan fingerprint density at radius 3 is 2.91 bits per heavy atom. The maximum atomic E-state index is 14.2. The Hall–Kier alpha value is -4.19. The van der Waals surface area contributed by atoms with E-state index in [9.17, 15) is 9.65 Å². The maximum absolute atomic E-state index is 14.2. The number of aryl methyl sites for hydroxylation is 1. The van der Waals surface area contributed by atoms with Crippen LogP contribution in [-0.4, -0.2) is 27.5 Å². The average Bonchev–Trinajstić information content (AvgIpc) is 3.09. The number of nitrogens with zero attached hydrogens (tertiary/aromatic N) is 4. The van der Waals surface area contributed by atoms with Gasteiger partial charge in [0.1, 0.15) is 18.0 Å². The normalized spacial score (nSPS) is 16.8. The molecule has 0 aliphatic carbocycles. The van der Waals surface area contributed by atoms with Crippen LogP contribution < -0.4 is 15.8 Å². The molecule has 0 radical (unpaired) electrons. The van der Waals surface area contributed by atoms with Crippen LogP contribution in [0.15, 0.2) is 42.2 Å². The van der Waals surface area contributed by atoms with Crippen molar-refractivity contribution in [1.29, 1.82) is 10.7 Å². The fourth-order valence-electron chi connectivity index (χ4n) is 3.92. The zero-order valence-electron chi connectivity index (χ0n) is 17.9. The SMILES string of the molecule is CN/C=C1/Cc2c(c(C#N)nn2C)-c2cnc(N)c(c2)OC(C)c2cc(F)ccc2C1=N. The summed E-state index contributed by atoms with van der Waals surface area (Å²) in [6.45, 7) is 1.76. The van der Waals surface area contributed by atoms with E-state index >= 15 is 0 Å². The minimum atomic E-state index is -0.612. The number of hydrogen-bond acceptors (Lipinski definition) is 7. The van der Waals surface area contributed by atoms with E-state index in [0.29, 0.717) is 40.0 Å². The molecule has 32 heavy (non-hydrogen) atoms. The highest BCUT2D eigenvalue weighted by Crippen LogP contribution is 2.36. The Labute approximate surface area is 184 Å². The third-order valence-electron chi connectivity index (χ3n) is 5.46. The van der Waals surface area contributed by atoms with Gasteiger partial charge in [-0.2, -0.15) is 10.4 Å². The molecule has 1 unspecified atom stereocenters. The molecule has 0 saturated carbocycles. The molecule has 0 saturated heterocycles. The second-order valence-electron chi connectivity index (χ2n) is 7.51. The number of aromatic nitrogens is 3. The molecular weight excluding hydrogens is 409 g/mol. The van der Waals surface area contributed by atoms with Gasteiger partial charge in [0.25, 0.3) is 0 Å². The maximum Gasteiger partial charge on any atom is 0.170 e. The predicted molar refractivity (Wildman–Crippen MR) is 119 cm³/mol. The molecule has 1 aliphatic rings. The zero-order valence-corrected chi connectivity index (χ0v) is 17.9. The summed E-state index contributed by atoms with van der Waals surface area (Å²) in [5, 5.41) is 26.0. The summed E-state index contributed by atoms with van der Waals surface area (Å²) >= 11 is 0. The smallest absolute Gasteiger partial charge is 0.170 e. The van der Waals surface area contributed by atoms with Crippen LogP contribution in [0.5, 0.6) is 5.75 Å². The number of nitriles is 1. The van der Waals surface area contributed by atoms with Gasteiger partial charge >= 0.3 is 0 Å². The highest BCUT2D eigenvalue weighted by molar-refractivity contribution is 6.11. The number of ether oxygens (including phenoxy) is 1. The van der Waals surface area contributed by atoms with Crippen LogP contribution in [0.4, 0.5) is 10.2 Å². The summed E-state index contributed by atoms with van der Waals surface area (Å²) < 4.78 is 21.9. The highest BCUT2D eigenvalue weighted by atomic mass is 19.1. The summed E-state index contributed by atoms with van der Waals surface area (Å²) in [7, 11) is 3.49. The summed E-state index contributed by atoms with van der Waals surface area (Å²) in [6, 6.07) is 8.12. The fourth-order valence-corrected chi connectivity index (χ4v) is 3.92. The number of nitrogens with two attached hydrogens (primary N) is 1. The fraction of sp³-hybridized carbons (Fsp3) is 0.217. The molecule has 162 valence electrons. The molecule has 1 aliphatic heterocycles. The van der Waals surface area contributed by atoms with Crippen LogP contribution >= 0.6 is 0 Å². The molecule has 3 heterocycles. The molecule has 1 atom stereocenters. The van der Waals surface area contributed by atoms with Crippen molar-refractivity contribution in [2.75, 3.05) is 12.8 Å². The molecule has 2 aromatic heterocycles. The molecule has 8 nitrogen and oxygen atoms in total. The first-order valence-electron chi connectivity index (χ1n) is 9.97.